The van der Waals surface area contributed by atoms with Crippen LogP contribution in [0.2, 0.25) is 0 Å². The van der Waals surface area contributed by atoms with Gasteiger partial charge in [0.1, 0.15) is 5.25 Å². The molecule has 0 aliphatic heterocycles. The molecule has 7 heteroatoms. The minimum absolute atomic E-state index is 0.0184. The van der Waals surface area contributed by atoms with Crippen LogP contribution in [0.4, 0.5) is 0 Å². The zero-order valence-corrected chi connectivity index (χ0v) is 16.8. The summed E-state index contributed by atoms with van der Waals surface area (Å²) < 4.78 is 26.1. The van der Waals surface area contributed by atoms with Crippen molar-refractivity contribution < 1.29 is 23.1 Å². The fraction of sp³-hybridized carbons (Fsp3) is 0.895. The van der Waals surface area contributed by atoms with Crippen molar-refractivity contribution >= 4 is 21.7 Å². The molecule has 0 bridgehead atoms. The number of hydrogen-bond acceptors (Lipinski definition) is 4. The van der Waals surface area contributed by atoms with Crippen LogP contribution in [0.1, 0.15) is 78.1 Å². The maximum absolute atomic E-state index is 13.1. The lowest BCUT2D eigenvalue weighted by Gasteiger charge is -2.34. The Balaban J connectivity index is 2.11. The summed E-state index contributed by atoms with van der Waals surface area (Å²) in [6.45, 7) is 3.51. The van der Waals surface area contributed by atoms with E-state index >= 15 is 0 Å². The van der Waals surface area contributed by atoms with Gasteiger partial charge in [-0.1, -0.05) is 52.4 Å². The van der Waals surface area contributed by atoms with E-state index in [-0.39, 0.29) is 12.5 Å². The van der Waals surface area contributed by atoms with Crippen molar-refractivity contribution in [3.05, 3.63) is 0 Å². The van der Waals surface area contributed by atoms with Crippen LogP contribution in [0.15, 0.2) is 0 Å². The van der Waals surface area contributed by atoms with E-state index in [4.69, 9.17) is 0 Å². The van der Waals surface area contributed by atoms with Gasteiger partial charge in [-0.2, -0.15) is 0 Å². The summed E-state index contributed by atoms with van der Waals surface area (Å²) in [5.74, 6) is -1.76. The molecule has 2 saturated carbocycles. The quantitative estimate of drug-likeness (QED) is 0.699. The lowest BCUT2D eigenvalue weighted by molar-refractivity contribution is -0.151. The van der Waals surface area contributed by atoms with Crippen LogP contribution in [0.5, 0.6) is 0 Å². The van der Waals surface area contributed by atoms with Crippen LogP contribution in [0.25, 0.3) is 0 Å². The fourth-order valence-corrected chi connectivity index (χ4v) is 7.03. The van der Waals surface area contributed by atoms with E-state index in [1.165, 1.54) is 0 Å². The van der Waals surface area contributed by atoms with Gasteiger partial charge in [-0.25, -0.2) is 8.42 Å². The van der Waals surface area contributed by atoms with Gasteiger partial charge < -0.3 is 10.4 Å². The third-order valence-electron chi connectivity index (χ3n) is 6.10. The lowest BCUT2D eigenvalue weighted by Crippen LogP contribution is -2.51. The minimum atomic E-state index is -3.58. The summed E-state index contributed by atoms with van der Waals surface area (Å²) in [5.41, 5.74) is -0.954. The minimum Gasteiger partial charge on any atom is -0.481 e. The molecule has 2 aliphatic carbocycles. The second-order valence-electron chi connectivity index (χ2n) is 8.38. The molecular formula is C19H33NO5S. The Morgan fingerprint density at radius 3 is 2.08 bits per heavy atom. The summed E-state index contributed by atoms with van der Waals surface area (Å²) in [7, 11) is -3.58. The van der Waals surface area contributed by atoms with Gasteiger partial charge in [0, 0.05) is 6.54 Å². The molecule has 6 nitrogen and oxygen atoms in total. The summed E-state index contributed by atoms with van der Waals surface area (Å²) in [6, 6.07) is 0. The highest BCUT2D eigenvalue weighted by atomic mass is 32.2. The third kappa shape index (κ3) is 4.59. The Labute approximate surface area is 157 Å². The summed E-state index contributed by atoms with van der Waals surface area (Å²) in [5, 5.41) is 10.8. The summed E-state index contributed by atoms with van der Waals surface area (Å²) in [6.07, 6.45) is 7.80. The van der Waals surface area contributed by atoms with Gasteiger partial charge >= 0.3 is 5.97 Å². The van der Waals surface area contributed by atoms with E-state index in [0.29, 0.717) is 25.7 Å². The lowest BCUT2D eigenvalue weighted by atomic mass is 9.74. The van der Waals surface area contributed by atoms with E-state index < -0.39 is 37.6 Å². The number of hydrogen-bond donors (Lipinski definition) is 2. The third-order valence-corrected chi connectivity index (χ3v) is 8.97. The summed E-state index contributed by atoms with van der Waals surface area (Å²) >= 11 is 0. The van der Waals surface area contributed by atoms with E-state index in [9.17, 15) is 23.1 Å². The van der Waals surface area contributed by atoms with Gasteiger partial charge in [0.15, 0.2) is 9.84 Å². The molecule has 2 rings (SSSR count). The second kappa shape index (κ2) is 8.72. The van der Waals surface area contributed by atoms with Crippen molar-refractivity contribution in [2.75, 3.05) is 6.54 Å². The van der Waals surface area contributed by atoms with Gasteiger partial charge in [-0.05, 0) is 31.6 Å². The monoisotopic (exact) mass is 387 g/mol. The van der Waals surface area contributed by atoms with Gasteiger partial charge in [-0.15, -0.1) is 0 Å². The molecule has 0 aromatic heterocycles. The normalized spacial score (nSPS) is 22.7. The Morgan fingerprint density at radius 1 is 1.04 bits per heavy atom. The molecule has 2 N–H and O–H groups in total. The number of nitrogens with one attached hydrogen (secondary N) is 1. The molecular weight excluding hydrogens is 354 g/mol. The smallest absolute Gasteiger partial charge is 0.311 e. The standard InChI is InChI=1S/C19H33NO5S/c1-14(2)16(26(24,25)15-9-5-3-6-10-15)17(21)20-13-19(18(22)23)11-7-4-8-12-19/h14-16H,3-13H2,1-2H3,(H,20,21)(H,22,23). The predicted molar refractivity (Wildman–Crippen MR) is 101 cm³/mol. The fourth-order valence-electron chi connectivity index (χ4n) is 4.48. The molecule has 0 aromatic rings. The van der Waals surface area contributed by atoms with Crippen molar-refractivity contribution in [1.82, 2.24) is 5.32 Å². The number of sulfone groups is 1. The molecule has 26 heavy (non-hydrogen) atoms. The zero-order chi connectivity index (χ0) is 19.4. The van der Waals surface area contributed by atoms with Crippen molar-refractivity contribution in [2.24, 2.45) is 11.3 Å². The van der Waals surface area contributed by atoms with E-state index in [0.717, 1.165) is 38.5 Å². The Kier molecular flexibility index (Phi) is 7.11. The average molecular weight is 388 g/mol. The largest absolute Gasteiger partial charge is 0.481 e. The molecule has 2 fully saturated rings. The molecule has 0 spiro atoms. The number of rotatable bonds is 7. The number of carbonyl (C=O) groups excluding carboxylic acids is 1. The van der Waals surface area contributed by atoms with Crippen molar-refractivity contribution in [2.45, 2.75) is 88.6 Å². The Morgan fingerprint density at radius 2 is 1.58 bits per heavy atom. The molecule has 0 radical (unpaired) electrons. The van der Waals surface area contributed by atoms with Crippen molar-refractivity contribution in [1.29, 1.82) is 0 Å². The average Bonchev–Trinajstić information content (AvgIpc) is 2.61. The first-order valence-electron chi connectivity index (χ1n) is 9.94. The van der Waals surface area contributed by atoms with Crippen LogP contribution in [0.3, 0.4) is 0 Å². The molecule has 1 unspecified atom stereocenters. The van der Waals surface area contributed by atoms with Gasteiger partial charge in [0.05, 0.1) is 10.7 Å². The molecule has 0 saturated heterocycles. The van der Waals surface area contributed by atoms with E-state index in [1.807, 2.05) is 0 Å². The van der Waals surface area contributed by atoms with Gasteiger partial charge in [-0.3, -0.25) is 9.59 Å². The Bertz CT molecular complexity index is 601. The van der Waals surface area contributed by atoms with Crippen LogP contribution in [-0.2, 0) is 19.4 Å². The van der Waals surface area contributed by atoms with Crippen LogP contribution < -0.4 is 5.32 Å². The van der Waals surface area contributed by atoms with E-state index in [2.05, 4.69) is 5.32 Å². The van der Waals surface area contributed by atoms with Crippen LogP contribution in [-0.4, -0.2) is 42.4 Å². The molecule has 0 aromatic carbocycles. The van der Waals surface area contributed by atoms with Crippen LogP contribution in [0, 0.1) is 11.3 Å². The maximum atomic E-state index is 13.1. The van der Waals surface area contributed by atoms with Gasteiger partial charge in [0.25, 0.3) is 0 Å². The first-order valence-corrected chi connectivity index (χ1v) is 11.6. The second-order valence-corrected chi connectivity index (χ2v) is 10.7. The highest BCUT2D eigenvalue weighted by Crippen LogP contribution is 2.36. The Hall–Kier alpha value is -1.11. The van der Waals surface area contributed by atoms with Crippen molar-refractivity contribution in [3.63, 3.8) is 0 Å². The first-order chi connectivity index (χ1) is 12.2. The maximum Gasteiger partial charge on any atom is 0.311 e. The van der Waals surface area contributed by atoms with Crippen LogP contribution >= 0.6 is 0 Å². The van der Waals surface area contributed by atoms with E-state index in [1.54, 1.807) is 13.8 Å². The zero-order valence-electron chi connectivity index (χ0n) is 16.0. The number of aliphatic carboxylic acids is 1. The molecule has 0 heterocycles. The molecule has 1 amide bonds. The topological polar surface area (TPSA) is 101 Å². The SMILES string of the molecule is CC(C)C(C(=O)NCC1(C(=O)O)CCCCC1)S(=O)(=O)C1CCCCC1. The first kappa shape index (κ1) is 21.2. The molecule has 1 atom stereocenters. The highest BCUT2D eigenvalue weighted by Gasteiger charge is 2.44. The number of carboxylic acids is 1. The predicted octanol–water partition coefficient (Wildman–Crippen LogP) is 2.91. The number of carboxylic acid groups (broad SMARTS) is 1. The van der Waals surface area contributed by atoms with Crippen molar-refractivity contribution in [3.8, 4) is 0 Å². The number of amides is 1. The summed E-state index contributed by atoms with van der Waals surface area (Å²) in [4.78, 5) is 24.6. The molecule has 2 aliphatic rings. The molecule has 150 valence electrons. The number of carbonyl (C=O) groups is 2. The van der Waals surface area contributed by atoms with Gasteiger partial charge in [0.2, 0.25) is 5.91 Å². The highest BCUT2D eigenvalue weighted by molar-refractivity contribution is 7.93.